The van der Waals surface area contributed by atoms with Gasteiger partial charge in [-0.25, -0.2) is 0 Å². The normalized spacial score (nSPS) is 12.7. The summed E-state index contributed by atoms with van der Waals surface area (Å²) in [6.07, 6.45) is 0. The Morgan fingerprint density at radius 1 is 1.41 bits per heavy atom. The van der Waals surface area contributed by atoms with E-state index in [2.05, 4.69) is 0 Å². The number of ether oxygens (including phenoxy) is 1. The summed E-state index contributed by atoms with van der Waals surface area (Å²) in [6.45, 7) is 2.83. The van der Waals surface area contributed by atoms with E-state index >= 15 is 0 Å². The molecule has 0 aliphatic carbocycles. The molecule has 0 amide bonds. The van der Waals surface area contributed by atoms with Crippen molar-refractivity contribution < 1.29 is 14.6 Å². The molecule has 0 aliphatic heterocycles. The van der Waals surface area contributed by atoms with Crippen LogP contribution in [-0.4, -0.2) is 36.2 Å². The van der Waals surface area contributed by atoms with Crippen molar-refractivity contribution in [2.24, 2.45) is 0 Å². The van der Waals surface area contributed by atoms with Crippen molar-refractivity contribution in [2.45, 2.75) is 26.1 Å². The van der Waals surface area contributed by atoms with Gasteiger partial charge in [-0.2, -0.15) is 0 Å². The first-order chi connectivity index (χ1) is 8.06. The molecular formula is C13H19NO3. The molecule has 0 saturated heterocycles. The van der Waals surface area contributed by atoms with E-state index in [0.717, 1.165) is 11.1 Å². The van der Waals surface area contributed by atoms with E-state index in [1.807, 2.05) is 31.3 Å². The van der Waals surface area contributed by atoms with Crippen LogP contribution in [0.4, 0.5) is 0 Å². The van der Waals surface area contributed by atoms with Crippen LogP contribution >= 0.6 is 0 Å². The summed E-state index contributed by atoms with van der Waals surface area (Å²) in [4.78, 5) is 12.7. The first-order valence-electron chi connectivity index (χ1n) is 5.55. The average Bonchev–Trinajstić information content (AvgIpc) is 2.30. The molecule has 1 N–H and O–H groups in total. The van der Waals surface area contributed by atoms with Gasteiger partial charge in [-0.3, -0.25) is 9.69 Å². The Labute approximate surface area is 102 Å². The quantitative estimate of drug-likeness (QED) is 0.818. The van der Waals surface area contributed by atoms with E-state index < -0.39 is 12.0 Å². The highest BCUT2D eigenvalue weighted by Gasteiger charge is 2.17. The van der Waals surface area contributed by atoms with Crippen molar-refractivity contribution in [1.82, 2.24) is 4.90 Å². The Kier molecular flexibility index (Phi) is 5.12. The summed E-state index contributed by atoms with van der Waals surface area (Å²) in [5.41, 5.74) is 2.20. The highest BCUT2D eigenvalue weighted by Crippen LogP contribution is 2.13. The molecule has 1 atom stereocenters. The van der Waals surface area contributed by atoms with E-state index in [1.165, 1.54) is 0 Å². The van der Waals surface area contributed by atoms with Gasteiger partial charge in [0.05, 0.1) is 6.61 Å². The molecule has 4 nitrogen and oxygen atoms in total. The third kappa shape index (κ3) is 3.84. The van der Waals surface area contributed by atoms with Gasteiger partial charge in [0, 0.05) is 13.7 Å². The molecule has 1 aromatic rings. The second-order valence-electron chi connectivity index (χ2n) is 4.13. The summed E-state index contributed by atoms with van der Waals surface area (Å²) in [5.74, 6) is -0.809. The third-order valence-electron chi connectivity index (χ3n) is 2.86. The topological polar surface area (TPSA) is 49.8 Å². The molecule has 0 aliphatic rings. The monoisotopic (exact) mass is 237 g/mol. The molecule has 0 spiro atoms. The van der Waals surface area contributed by atoms with E-state index in [-0.39, 0.29) is 0 Å². The second-order valence-corrected chi connectivity index (χ2v) is 4.13. The number of carboxylic acid groups (broad SMARTS) is 1. The van der Waals surface area contributed by atoms with Crippen LogP contribution in [0.2, 0.25) is 0 Å². The molecule has 1 rings (SSSR count). The number of hydrogen-bond donors (Lipinski definition) is 1. The van der Waals surface area contributed by atoms with Crippen LogP contribution in [0.5, 0.6) is 0 Å². The van der Waals surface area contributed by atoms with Gasteiger partial charge in [0.25, 0.3) is 0 Å². The summed E-state index contributed by atoms with van der Waals surface area (Å²) in [6, 6.07) is 7.41. The molecule has 0 heterocycles. The molecule has 0 aromatic heterocycles. The zero-order valence-electron chi connectivity index (χ0n) is 10.5. The Bertz CT molecular complexity index is 379. The third-order valence-corrected chi connectivity index (χ3v) is 2.86. The van der Waals surface area contributed by atoms with Crippen LogP contribution in [0.3, 0.4) is 0 Å². The minimum Gasteiger partial charge on any atom is -0.480 e. The maximum atomic E-state index is 10.9. The highest BCUT2D eigenvalue weighted by atomic mass is 16.5. The fourth-order valence-electron chi connectivity index (χ4n) is 1.60. The predicted molar refractivity (Wildman–Crippen MR) is 65.7 cm³/mol. The number of carbonyl (C=O) groups is 1. The van der Waals surface area contributed by atoms with Crippen LogP contribution < -0.4 is 0 Å². The van der Waals surface area contributed by atoms with E-state index in [1.54, 1.807) is 18.9 Å². The molecular weight excluding hydrogens is 218 g/mol. The van der Waals surface area contributed by atoms with Crippen LogP contribution in [0, 0.1) is 0 Å². The lowest BCUT2D eigenvalue weighted by molar-refractivity contribution is -0.142. The number of benzene rings is 1. The van der Waals surface area contributed by atoms with E-state index in [0.29, 0.717) is 13.2 Å². The van der Waals surface area contributed by atoms with Crippen LogP contribution in [0.15, 0.2) is 24.3 Å². The van der Waals surface area contributed by atoms with Crippen LogP contribution in [0.1, 0.15) is 18.1 Å². The number of likely N-dealkylation sites (N-methyl/N-ethyl adjacent to an activating group) is 1. The smallest absolute Gasteiger partial charge is 0.320 e. The lowest BCUT2D eigenvalue weighted by atomic mass is 10.1. The van der Waals surface area contributed by atoms with Crippen LogP contribution in [-0.2, 0) is 22.7 Å². The number of methoxy groups -OCH3 is 1. The highest BCUT2D eigenvalue weighted by molar-refractivity contribution is 5.72. The fraction of sp³-hybridized carbons (Fsp3) is 0.462. The predicted octanol–water partition coefficient (Wildman–Crippen LogP) is 1.74. The molecule has 0 radical (unpaired) electrons. The standard InChI is InChI=1S/C13H19NO3/c1-10(13(15)16)14(2)8-11-6-4-5-7-12(11)9-17-3/h4-7,10H,8-9H2,1-3H3,(H,15,16). The summed E-state index contributed by atoms with van der Waals surface area (Å²) in [5, 5.41) is 8.94. The van der Waals surface area contributed by atoms with Crippen molar-refractivity contribution in [3.8, 4) is 0 Å². The minimum atomic E-state index is -0.809. The van der Waals surface area contributed by atoms with Crippen LogP contribution in [0.25, 0.3) is 0 Å². The lowest BCUT2D eigenvalue weighted by Crippen LogP contribution is -2.35. The lowest BCUT2D eigenvalue weighted by Gasteiger charge is -2.22. The van der Waals surface area contributed by atoms with Gasteiger partial charge in [0.1, 0.15) is 6.04 Å². The number of aliphatic carboxylic acids is 1. The first-order valence-corrected chi connectivity index (χ1v) is 5.55. The number of nitrogens with zero attached hydrogens (tertiary/aromatic N) is 1. The van der Waals surface area contributed by atoms with Gasteiger partial charge in [-0.1, -0.05) is 24.3 Å². The SMILES string of the molecule is COCc1ccccc1CN(C)C(C)C(=O)O. The Morgan fingerprint density at radius 2 is 2.00 bits per heavy atom. The molecule has 4 heteroatoms. The van der Waals surface area contributed by atoms with Crippen molar-refractivity contribution in [3.63, 3.8) is 0 Å². The van der Waals surface area contributed by atoms with Gasteiger partial charge in [-0.05, 0) is 25.1 Å². The first kappa shape index (κ1) is 13.7. The molecule has 94 valence electrons. The maximum Gasteiger partial charge on any atom is 0.320 e. The zero-order valence-corrected chi connectivity index (χ0v) is 10.5. The van der Waals surface area contributed by atoms with E-state index in [9.17, 15) is 4.79 Å². The largest absolute Gasteiger partial charge is 0.480 e. The Hall–Kier alpha value is -1.39. The number of hydrogen-bond acceptors (Lipinski definition) is 3. The molecule has 0 bridgehead atoms. The fourth-order valence-corrected chi connectivity index (χ4v) is 1.60. The molecule has 0 saturated carbocycles. The average molecular weight is 237 g/mol. The van der Waals surface area contributed by atoms with Gasteiger partial charge >= 0.3 is 5.97 Å². The van der Waals surface area contributed by atoms with Crippen molar-refractivity contribution in [2.75, 3.05) is 14.2 Å². The van der Waals surface area contributed by atoms with Gasteiger partial charge in [0.15, 0.2) is 0 Å². The summed E-state index contributed by atoms with van der Waals surface area (Å²) < 4.78 is 5.12. The minimum absolute atomic E-state index is 0.495. The van der Waals surface area contributed by atoms with Crippen molar-refractivity contribution in [3.05, 3.63) is 35.4 Å². The van der Waals surface area contributed by atoms with E-state index in [4.69, 9.17) is 9.84 Å². The Morgan fingerprint density at radius 3 is 2.53 bits per heavy atom. The van der Waals surface area contributed by atoms with Gasteiger partial charge in [0.2, 0.25) is 0 Å². The zero-order chi connectivity index (χ0) is 12.8. The number of rotatable bonds is 6. The summed E-state index contributed by atoms with van der Waals surface area (Å²) >= 11 is 0. The van der Waals surface area contributed by atoms with Crippen molar-refractivity contribution in [1.29, 1.82) is 0 Å². The Balaban J connectivity index is 2.76. The molecule has 0 fully saturated rings. The molecule has 1 aromatic carbocycles. The van der Waals surface area contributed by atoms with Crippen molar-refractivity contribution >= 4 is 5.97 Å². The second kappa shape index (κ2) is 6.37. The maximum absolute atomic E-state index is 10.9. The summed E-state index contributed by atoms with van der Waals surface area (Å²) in [7, 11) is 3.46. The molecule has 17 heavy (non-hydrogen) atoms. The molecule has 1 unspecified atom stereocenters. The van der Waals surface area contributed by atoms with Gasteiger partial charge < -0.3 is 9.84 Å². The van der Waals surface area contributed by atoms with Gasteiger partial charge in [-0.15, -0.1) is 0 Å². The number of carboxylic acids is 1.